The van der Waals surface area contributed by atoms with Gasteiger partial charge in [0.1, 0.15) is 0 Å². The summed E-state index contributed by atoms with van der Waals surface area (Å²) in [7, 11) is 0. The maximum atomic E-state index is 9.08. The van der Waals surface area contributed by atoms with E-state index in [0.29, 0.717) is 5.56 Å². The van der Waals surface area contributed by atoms with E-state index in [2.05, 4.69) is 12.6 Å². The average molecular weight is 151 g/mol. The molecular weight excluding hydrogens is 144 g/mol. The van der Waals surface area contributed by atoms with Gasteiger partial charge in [0.2, 0.25) is 5.75 Å². The molecule has 0 saturated heterocycles. The lowest BCUT2D eigenvalue weighted by molar-refractivity contribution is 0.367. The summed E-state index contributed by atoms with van der Waals surface area (Å²) in [5, 5.41) is 26.8. The molecule has 1 radical (unpaired) electrons. The van der Waals surface area contributed by atoms with Crippen molar-refractivity contribution in [3.8, 4) is 17.2 Å². The molecule has 0 heterocycles. The Hall–Kier alpha value is -1.64. The second kappa shape index (κ2) is 2.54. The molecule has 1 aromatic carbocycles. The number of phenols is 3. The van der Waals surface area contributed by atoms with Crippen molar-refractivity contribution in [2.45, 2.75) is 0 Å². The van der Waals surface area contributed by atoms with Crippen LogP contribution in [0.15, 0.2) is 12.6 Å². The van der Waals surface area contributed by atoms with E-state index in [0.717, 1.165) is 0 Å². The van der Waals surface area contributed by atoms with Crippen LogP contribution in [-0.4, -0.2) is 15.3 Å². The Morgan fingerprint density at radius 2 is 1.91 bits per heavy atom. The number of aromatic hydroxyl groups is 3. The van der Waals surface area contributed by atoms with E-state index in [1.54, 1.807) is 0 Å². The maximum Gasteiger partial charge on any atom is 0.201 e. The van der Waals surface area contributed by atoms with Gasteiger partial charge in [0.15, 0.2) is 11.5 Å². The van der Waals surface area contributed by atoms with Crippen LogP contribution in [-0.2, 0) is 0 Å². The zero-order valence-electron chi connectivity index (χ0n) is 5.70. The first-order chi connectivity index (χ1) is 5.16. The zero-order valence-corrected chi connectivity index (χ0v) is 5.70. The molecule has 3 N–H and O–H groups in total. The molecule has 57 valence electrons. The first-order valence-corrected chi connectivity index (χ1v) is 2.95. The smallest absolute Gasteiger partial charge is 0.201 e. The van der Waals surface area contributed by atoms with Crippen LogP contribution in [0.5, 0.6) is 17.2 Å². The third kappa shape index (κ3) is 1.12. The van der Waals surface area contributed by atoms with Crippen LogP contribution < -0.4 is 0 Å². The summed E-state index contributed by atoms with van der Waals surface area (Å²) in [4.78, 5) is 0. The van der Waals surface area contributed by atoms with E-state index in [9.17, 15) is 0 Å². The summed E-state index contributed by atoms with van der Waals surface area (Å²) < 4.78 is 0. The number of benzene rings is 1. The first-order valence-electron chi connectivity index (χ1n) is 2.95. The molecular formula is C8H7O3. The molecule has 0 aromatic heterocycles. The fourth-order valence-electron chi connectivity index (χ4n) is 0.687. The summed E-state index contributed by atoms with van der Waals surface area (Å²) >= 11 is 0. The van der Waals surface area contributed by atoms with Gasteiger partial charge in [-0.2, -0.15) is 0 Å². The Labute approximate surface area is 63.9 Å². The van der Waals surface area contributed by atoms with Gasteiger partial charge < -0.3 is 15.3 Å². The van der Waals surface area contributed by atoms with Crippen molar-refractivity contribution in [2.24, 2.45) is 0 Å². The first kappa shape index (κ1) is 7.47. The van der Waals surface area contributed by atoms with Gasteiger partial charge >= 0.3 is 0 Å². The summed E-state index contributed by atoms with van der Waals surface area (Å²) in [6.45, 7) is 3.39. The third-order valence-electron chi connectivity index (χ3n) is 1.31. The van der Waals surface area contributed by atoms with Crippen molar-refractivity contribution in [1.82, 2.24) is 0 Å². The van der Waals surface area contributed by atoms with E-state index in [1.165, 1.54) is 12.1 Å². The zero-order chi connectivity index (χ0) is 8.43. The van der Waals surface area contributed by atoms with Crippen molar-refractivity contribution in [3.63, 3.8) is 0 Å². The standard InChI is InChI=1S/C8H7O3/c1-2-5-3-4-6(9)8(11)7(5)10/h2-3,9-11H,1H2. The fourth-order valence-corrected chi connectivity index (χ4v) is 0.687. The molecule has 0 aliphatic rings. The van der Waals surface area contributed by atoms with Gasteiger partial charge in [-0.15, -0.1) is 0 Å². The summed E-state index contributed by atoms with van der Waals surface area (Å²) in [5.74, 6) is -1.41. The highest BCUT2D eigenvalue weighted by molar-refractivity contribution is 5.63. The highest BCUT2D eigenvalue weighted by atomic mass is 16.3. The molecule has 0 aliphatic carbocycles. The second-order valence-electron chi connectivity index (χ2n) is 1.99. The van der Waals surface area contributed by atoms with Crippen LogP contribution in [0.2, 0.25) is 0 Å². The molecule has 3 heteroatoms. The van der Waals surface area contributed by atoms with Crippen molar-refractivity contribution >= 4 is 6.08 Å². The van der Waals surface area contributed by atoms with Gasteiger partial charge in [0.25, 0.3) is 0 Å². The topological polar surface area (TPSA) is 60.7 Å². The quantitative estimate of drug-likeness (QED) is 0.529. The van der Waals surface area contributed by atoms with Crippen LogP contribution in [0.4, 0.5) is 0 Å². The SMILES string of the molecule is C=Cc1c[c]c(O)c(O)c1O. The van der Waals surface area contributed by atoms with E-state index >= 15 is 0 Å². The number of hydrogen-bond acceptors (Lipinski definition) is 3. The van der Waals surface area contributed by atoms with Crippen LogP contribution >= 0.6 is 0 Å². The Balaban J connectivity index is 3.36. The monoisotopic (exact) mass is 151 g/mol. The maximum absolute atomic E-state index is 9.08. The van der Waals surface area contributed by atoms with Crippen LogP contribution in [0.25, 0.3) is 6.08 Å². The molecule has 3 nitrogen and oxygen atoms in total. The predicted octanol–water partition coefficient (Wildman–Crippen LogP) is 1.25. The van der Waals surface area contributed by atoms with Gasteiger partial charge in [-0.25, -0.2) is 0 Å². The molecule has 1 aromatic rings. The molecule has 11 heavy (non-hydrogen) atoms. The molecule has 0 spiro atoms. The largest absolute Gasteiger partial charge is 0.504 e. The number of phenolic OH excluding ortho intramolecular Hbond substituents is 3. The lowest BCUT2D eigenvalue weighted by atomic mass is 10.2. The van der Waals surface area contributed by atoms with E-state index in [4.69, 9.17) is 15.3 Å². The van der Waals surface area contributed by atoms with Crippen molar-refractivity contribution in [2.75, 3.05) is 0 Å². The fraction of sp³-hybridized carbons (Fsp3) is 0. The van der Waals surface area contributed by atoms with Gasteiger partial charge in [0.05, 0.1) is 0 Å². The molecule has 1 rings (SSSR count). The molecule has 0 aliphatic heterocycles. The second-order valence-corrected chi connectivity index (χ2v) is 1.99. The molecule has 0 fully saturated rings. The lowest BCUT2D eigenvalue weighted by Gasteiger charge is -2.01. The van der Waals surface area contributed by atoms with Gasteiger partial charge in [-0.3, -0.25) is 0 Å². The van der Waals surface area contributed by atoms with Crippen molar-refractivity contribution in [1.29, 1.82) is 0 Å². The van der Waals surface area contributed by atoms with Gasteiger partial charge in [-0.05, 0) is 6.07 Å². The summed E-state index contributed by atoms with van der Waals surface area (Å²) in [6, 6.07) is 3.66. The Kier molecular flexibility index (Phi) is 1.72. The highest BCUT2D eigenvalue weighted by Gasteiger charge is 2.07. The number of rotatable bonds is 1. The Morgan fingerprint density at radius 3 is 2.45 bits per heavy atom. The minimum atomic E-state index is -0.567. The van der Waals surface area contributed by atoms with E-state index in [1.807, 2.05) is 0 Å². The summed E-state index contributed by atoms with van der Waals surface area (Å²) in [5.41, 5.74) is 0.334. The molecule has 0 bridgehead atoms. The Morgan fingerprint density at radius 1 is 1.27 bits per heavy atom. The molecule has 0 atom stereocenters. The molecule has 0 unspecified atom stereocenters. The molecule has 0 saturated carbocycles. The molecule has 0 amide bonds. The van der Waals surface area contributed by atoms with Crippen molar-refractivity contribution in [3.05, 3.63) is 24.3 Å². The van der Waals surface area contributed by atoms with Gasteiger partial charge in [-0.1, -0.05) is 12.7 Å². The highest BCUT2D eigenvalue weighted by Crippen LogP contribution is 2.36. The average Bonchev–Trinajstić information content (AvgIpc) is 2.01. The van der Waals surface area contributed by atoms with E-state index < -0.39 is 11.5 Å². The van der Waals surface area contributed by atoms with E-state index in [-0.39, 0.29) is 5.75 Å². The normalized spacial score (nSPS) is 9.45. The van der Waals surface area contributed by atoms with Crippen LogP contribution in [0, 0.1) is 6.07 Å². The minimum absolute atomic E-state index is 0.334. The van der Waals surface area contributed by atoms with Crippen molar-refractivity contribution < 1.29 is 15.3 Å². The van der Waals surface area contributed by atoms with Crippen LogP contribution in [0.3, 0.4) is 0 Å². The van der Waals surface area contributed by atoms with Crippen LogP contribution in [0.1, 0.15) is 5.56 Å². The lowest BCUT2D eigenvalue weighted by Crippen LogP contribution is -1.76. The third-order valence-corrected chi connectivity index (χ3v) is 1.31. The summed E-state index contributed by atoms with van der Waals surface area (Å²) in [6.07, 6.45) is 1.35. The predicted molar refractivity (Wildman–Crippen MR) is 40.4 cm³/mol. The Bertz CT molecular complexity index is 292. The minimum Gasteiger partial charge on any atom is -0.504 e. The number of hydrogen-bond donors (Lipinski definition) is 3. The van der Waals surface area contributed by atoms with Gasteiger partial charge in [0, 0.05) is 11.6 Å².